The summed E-state index contributed by atoms with van der Waals surface area (Å²) in [7, 11) is 1.54. The molecule has 1 unspecified atom stereocenters. The number of rotatable bonds is 4. The molecule has 0 fully saturated rings. The molecule has 0 spiro atoms. The third kappa shape index (κ3) is 2.81. The summed E-state index contributed by atoms with van der Waals surface area (Å²) in [4.78, 5) is 15.9. The predicted octanol–water partition coefficient (Wildman–Crippen LogP) is 1.61. The van der Waals surface area contributed by atoms with Crippen molar-refractivity contribution in [1.82, 2.24) is 9.55 Å². The summed E-state index contributed by atoms with van der Waals surface area (Å²) >= 11 is 0. The highest BCUT2D eigenvalue weighted by Crippen LogP contribution is 2.09. The minimum atomic E-state index is -0.0420. The van der Waals surface area contributed by atoms with Crippen LogP contribution in [0.3, 0.4) is 0 Å². The second-order valence-electron chi connectivity index (χ2n) is 3.85. The Morgan fingerprint density at radius 2 is 2.27 bits per heavy atom. The molecule has 4 heteroatoms. The molecule has 1 aromatic heterocycles. The molecular weight excluding hydrogens is 192 g/mol. The molecule has 0 amide bonds. The number of methoxy groups -OCH3 is 1. The van der Waals surface area contributed by atoms with E-state index in [2.05, 4.69) is 18.8 Å². The Labute approximate surface area is 89.9 Å². The molecule has 0 saturated carbocycles. The summed E-state index contributed by atoms with van der Waals surface area (Å²) in [6, 6.07) is 1.94. The fourth-order valence-corrected chi connectivity index (χ4v) is 1.36. The highest BCUT2D eigenvalue weighted by molar-refractivity contribution is 5.06. The van der Waals surface area contributed by atoms with Gasteiger partial charge in [-0.15, -0.1) is 0 Å². The molecule has 0 N–H and O–H groups in total. The molecule has 1 rings (SSSR count). The van der Waals surface area contributed by atoms with Crippen LogP contribution in [0.2, 0.25) is 0 Å². The van der Waals surface area contributed by atoms with E-state index >= 15 is 0 Å². The third-order valence-electron chi connectivity index (χ3n) is 2.48. The van der Waals surface area contributed by atoms with E-state index < -0.39 is 0 Å². The van der Waals surface area contributed by atoms with Crippen LogP contribution in [0, 0.1) is 12.8 Å². The molecule has 4 nitrogen and oxygen atoms in total. The first kappa shape index (κ1) is 11.8. The molecule has 1 aromatic rings. The fraction of sp³-hybridized carbons (Fsp3) is 0.636. The van der Waals surface area contributed by atoms with E-state index in [4.69, 9.17) is 4.74 Å². The van der Waals surface area contributed by atoms with Gasteiger partial charge in [0.25, 0.3) is 11.6 Å². The Morgan fingerprint density at radius 3 is 2.80 bits per heavy atom. The Balaban J connectivity index is 3.10. The molecule has 0 radical (unpaired) electrons. The topological polar surface area (TPSA) is 44.1 Å². The molecule has 0 bridgehead atoms. The number of aromatic nitrogens is 2. The molecular formula is C11H18N2O2. The van der Waals surface area contributed by atoms with Crippen LogP contribution in [0.25, 0.3) is 0 Å². The standard InChI is InChI=1S/C11H18N2O2/c1-5-8(2)7-13-10(14)6-9(3)12-11(13)15-4/h6,8H,5,7H2,1-4H3. The van der Waals surface area contributed by atoms with Gasteiger partial charge < -0.3 is 4.74 Å². The summed E-state index contributed by atoms with van der Waals surface area (Å²) in [6.07, 6.45) is 1.03. The number of nitrogens with zero attached hydrogens (tertiary/aromatic N) is 2. The van der Waals surface area contributed by atoms with Crippen molar-refractivity contribution in [3.05, 3.63) is 22.1 Å². The first-order valence-electron chi connectivity index (χ1n) is 5.21. The van der Waals surface area contributed by atoms with E-state index in [1.807, 2.05) is 0 Å². The second kappa shape index (κ2) is 4.96. The van der Waals surface area contributed by atoms with Gasteiger partial charge in [0.15, 0.2) is 0 Å². The highest BCUT2D eigenvalue weighted by atomic mass is 16.5. The van der Waals surface area contributed by atoms with Crippen molar-refractivity contribution in [2.45, 2.75) is 33.7 Å². The second-order valence-corrected chi connectivity index (χ2v) is 3.85. The number of ether oxygens (including phenoxy) is 1. The molecule has 15 heavy (non-hydrogen) atoms. The van der Waals surface area contributed by atoms with Crippen LogP contribution < -0.4 is 10.3 Å². The average molecular weight is 210 g/mol. The van der Waals surface area contributed by atoms with E-state index in [1.165, 1.54) is 13.2 Å². The lowest BCUT2D eigenvalue weighted by atomic mass is 10.1. The fourth-order valence-electron chi connectivity index (χ4n) is 1.36. The number of hydrogen-bond acceptors (Lipinski definition) is 3. The van der Waals surface area contributed by atoms with E-state index in [0.717, 1.165) is 6.42 Å². The van der Waals surface area contributed by atoms with Crippen LogP contribution in [0.5, 0.6) is 6.01 Å². The van der Waals surface area contributed by atoms with Crippen LogP contribution in [-0.4, -0.2) is 16.7 Å². The number of aryl methyl sites for hydroxylation is 1. The van der Waals surface area contributed by atoms with Crippen molar-refractivity contribution >= 4 is 0 Å². The maximum Gasteiger partial charge on any atom is 0.299 e. The quantitative estimate of drug-likeness (QED) is 0.758. The zero-order valence-electron chi connectivity index (χ0n) is 9.78. The molecule has 0 aliphatic heterocycles. The molecule has 1 atom stereocenters. The first-order valence-corrected chi connectivity index (χ1v) is 5.21. The lowest BCUT2D eigenvalue weighted by molar-refractivity contribution is 0.325. The zero-order valence-corrected chi connectivity index (χ0v) is 9.78. The molecule has 0 aliphatic rings. The largest absolute Gasteiger partial charge is 0.468 e. The summed E-state index contributed by atoms with van der Waals surface area (Å²) in [5.74, 6) is 0.445. The van der Waals surface area contributed by atoms with E-state index in [0.29, 0.717) is 24.2 Å². The van der Waals surface area contributed by atoms with Crippen molar-refractivity contribution in [2.24, 2.45) is 5.92 Å². The zero-order chi connectivity index (χ0) is 11.4. The van der Waals surface area contributed by atoms with Gasteiger partial charge in [0.05, 0.1) is 7.11 Å². The molecule has 0 aliphatic carbocycles. The minimum Gasteiger partial charge on any atom is -0.468 e. The van der Waals surface area contributed by atoms with Gasteiger partial charge in [-0.25, -0.2) is 4.98 Å². The highest BCUT2D eigenvalue weighted by Gasteiger charge is 2.09. The van der Waals surface area contributed by atoms with Gasteiger partial charge in [-0.2, -0.15) is 0 Å². The van der Waals surface area contributed by atoms with Crippen molar-refractivity contribution in [3.63, 3.8) is 0 Å². The van der Waals surface area contributed by atoms with Crippen LogP contribution in [0.4, 0.5) is 0 Å². The number of hydrogen-bond donors (Lipinski definition) is 0. The van der Waals surface area contributed by atoms with Crippen molar-refractivity contribution in [2.75, 3.05) is 7.11 Å². The van der Waals surface area contributed by atoms with Gasteiger partial charge in [0.2, 0.25) is 0 Å². The Bertz CT molecular complexity index is 385. The van der Waals surface area contributed by atoms with Crippen LogP contribution in [0.15, 0.2) is 10.9 Å². The minimum absolute atomic E-state index is 0.0420. The van der Waals surface area contributed by atoms with E-state index in [9.17, 15) is 4.79 Å². The average Bonchev–Trinajstić information content (AvgIpc) is 2.21. The lowest BCUT2D eigenvalue weighted by Crippen LogP contribution is -2.25. The SMILES string of the molecule is CCC(C)Cn1c(OC)nc(C)cc1=O. The van der Waals surface area contributed by atoms with Crippen LogP contribution in [0.1, 0.15) is 26.0 Å². The summed E-state index contributed by atoms with van der Waals surface area (Å²) in [6.45, 7) is 6.65. The molecule has 0 saturated heterocycles. The van der Waals surface area contributed by atoms with E-state index in [1.54, 1.807) is 11.5 Å². The van der Waals surface area contributed by atoms with Gasteiger partial charge in [-0.1, -0.05) is 20.3 Å². The normalized spacial score (nSPS) is 12.5. The predicted molar refractivity (Wildman–Crippen MR) is 59.2 cm³/mol. The Kier molecular flexibility index (Phi) is 3.88. The van der Waals surface area contributed by atoms with Gasteiger partial charge in [-0.05, 0) is 12.8 Å². The monoisotopic (exact) mass is 210 g/mol. The van der Waals surface area contributed by atoms with Gasteiger partial charge in [0.1, 0.15) is 0 Å². The van der Waals surface area contributed by atoms with Gasteiger partial charge in [-0.3, -0.25) is 9.36 Å². The molecule has 0 aromatic carbocycles. The van der Waals surface area contributed by atoms with Gasteiger partial charge in [0, 0.05) is 18.3 Å². The van der Waals surface area contributed by atoms with E-state index in [-0.39, 0.29) is 5.56 Å². The first-order chi connectivity index (χ1) is 7.08. The Hall–Kier alpha value is -1.32. The maximum atomic E-state index is 11.7. The Morgan fingerprint density at radius 1 is 1.60 bits per heavy atom. The summed E-state index contributed by atoms with van der Waals surface area (Å²) < 4.78 is 6.69. The van der Waals surface area contributed by atoms with Crippen molar-refractivity contribution < 1.29 is 4.74 Å². The van der Waals surface area contributed by atoms with Crippen LogP contribution in [-0.2, 0) is 6.54 Å². The third-order valence-corrected chi connectivity index (χ3v) is 2.48. The summed E-state index contributed by atoms with van der Waals surface area (Å²) in [5, 5.41) is 0. The summed E-state index contributed by atoms with van der Waals surface area (Å²) in [5.41, 5.74) is 0.650. The molecule has 1 heterocycles. The van der Waals surface area contributed by atoms with Crippen molar-refractivity contribution in [3.8, 4) is 6.01 Å². The molecule has 84 valence electrons. The van der Waals surface area contributed by atoms with Crippen molar-refractivity contribution in [1.29, 1.82) is 0 Å². The maximum absolute atomic E-state index is 11.7. The van der Waals surface area contributed by atoms with Crippen LogP contribution >= 0.6 is 0 Å². The lowest BCUT2D eigenvalue weighted by Gasteiger charge is -2.14. The smallest absolute Gasteiger partial charge is 0.299 e. The van der Waals surface area contributed by atoms with Gasteiger partial charge >= 0.3 is 0 Å².